The Bertz CT molecular complexity index is 985. The molecule has 0 fully saturated rings. The predicted octanol–water partition coefficient (Wildman–Crippen LogP) is 6.52. The van der Waals surface area contributed by atoms with Gasteiger partial charge in [-0.15, -0.1) is 11.3 Å². The number of imide groups is 1. The Morgan fingerprint density at radius 1 is 0.786 bits per heavy atom. The van der Waals surface area contributed by atoms with Gasteiger partial charge in [0.1, 0.15) is 0 Å². The summed E-state index contributed by atoms with van der Waals surface area (Å²) in [6.45, 7) is 2.71. The van der Waals surface area contributed by atoms with Gasteiger partial charge in [0.05, 0.1) is 0 Å². The minimum absolute atomic E-state index is 0.153. The maximum absolute atomic E-state index is 13.1. The number of unbranched alkanes of at least 4 members (excludes halogenated alkanes) is 5. The first-order valence-corrected chi connectivity index (χ1v) is 11.1. The second-order valence-electron chi connectivity index (χ2n) is 7.40. The molecule has 0 unspecified atom stereocenters. The molecule has 1 aliphatic rings. The van der Waals surface area contributed by atoms with Gasteiger partial charge in [-0.25, -0.2) is 0 Å². The smallest absolute Gasteiger partial charge is 0.261 e. The zero-order valence-corrected chi connectivity index (χ0v) is 17.1. The zero-order chi connectivity index (χ0) is 19.5. The zero-order valence-electron chi connectivity index (χ0n) is 16.2. The fourth-order valence-corrected chi connectivity index (χ4v) is 4.81. The highest BCUT2D eigenvalue weighted by atomic mass is 32.1. The summed E-state index contributed by atoms with van der Waals surface area (Å²) in [7, 11) is 0. The van der Waals surface area contributed by atoms with Crippen molar-refractivity contribution in [1.29, 1.82) is 0 Å². The number of thiophene rings is 1. The third-order valence-corrected chi connectivity index (χ3v) is 6.42. The molecule has 4 heteroatoms. The van der Waals surface area contributed by atoms with Crippen molar-refractivity contribution in [3.8, 4) is 10.4 Å². The molecular weight excluding hydrogens is 366 g/mol. The summed E-state index contributed by atoms with van der Waals surface area (Å²) in [4.78, 5) is 28.8. The number of hydrogen-bond donors (Lipinski definition) is 0. The first kappa shape index (κ1) is 18.9. The SMILES string of the molecule is CCCCCCCCN1C(=O)c2cccc3c(-c4cccs4)ccc(c23)C1=O. The van der Waals surface area contributed by atoms with E-state index in [1.54, 1.807) is 11.3 Å². The molecule has 0 N–H and O–H groups in total. The molecule has 2 heterocycles. The lowest BCUT2D eigenvalue weighted by atomic mass is 9.90. The third kappa shape index (κ3) is 3.37. The molecule has 0 bridgehead atoms. The normalized spacial score (nSPS) is 13.5. The van der Waals surface area contributed by atoms with Crippen molar-refractivity contribution in [3.05, 3.63) is 59.0 Å². The molecule has 0 spiro atoms. The molecule has 1 aromatic heterocycles. The Labute approximate surface area is 170 Å². The van der Waals surface area contributed by atoms with Crippen LogP contribution in [-0.2, 0) is 0 Å². The van der Waals surface area contributed by atoms with Gasteiger partial charge < -0.3 is 0 Å². The van der Waals surface area contributed by atoms with Gasteiger partial charge in [0, 0.05) is 27.9 Å². The molecule has 0 radical (unpaired) electrons. The number of hydrogen-bond acceptors (Lipinski definition) is 3. The highest BCUT2D eigenvalue weighted by molar-refractivity contribution is 7.13. The van der Waals surface area contributed by atoms with Crippen LogP contribution in [0.15, 0.2) is 47.8 Å². The summed E-state index contributed by atoms with van der Waals surface area (Å²) in [6.07, 6.45) is 6.80. The van der Waals surface area contributed by atoms with Crippen LogP contribution in [0.5, 0.6) is 0 Å². The lowest BCUT2D eigenvalue weighted by molar-refractivity contribution is 0.0608. The molecule has 0 aliphatic carbocycles. The first-order valence-electron chi connectivity index (χ1n) is 10.2. The summed E-state index contributed by atoms with van der Waals surface area (Å²) in [5.41, 5.74) is 2.38. The maximum atomic E-state index is 13.1. The topological polar surface area (TPSA) is 37.4 Å². The van der Waals surface area contributed by atoms with Gasteiger partial charge >= 0.3 is 0 Å². The molecule has 3 nitrogen and oxygen atoms in total. The molecule has 4 rings (SSSR count). The second-order valence-corrected chi connectivity index (χ2v) is 8.34. The Kier molecular flexibility index (Phi) is 5.58. The van der Waals surface area contributed by atoms with E-state index in [-0.39, 0.29) is 11.8 Å². The van der Waals surface area contributed by atoms with Crippen LogP contribution in [0, 0.1) is 0 Å². The fourth-order valence-electron chi connectivity index (χ4n) is 4.05. The molecular formula is C24H25NO2S. The number of carbonyl (C=O) groups is 2. The van der Waals surface area contributed by atoms with Gasteiger partial charge in [0.15, 0.2) is 0 Å². The number of benzene rings is 2. The minimum atomic E-state index is -0.153. The monoisotopic (exact) mass is 391 g/mol. The van der Waals surface area contributed by atoms with Crippen LogP contribution in [-0.4, -0.2) is 23.3 Å². The van der Waals surface area contributed by atoms with Crippen molar-refractivity contribution < 1.29 is 9.59 Å². The highest BCUT2D eigenvalue weighted by Crippen LogP contribution is 2.37. The molecule has 3 aromatic rings. The van der Waals surface area contributed by atoms with Crippen molar-refractivity contribution in [1.82, 2.24) is 4.90 Å². The van der Waals surface area contributed by atoms with E-state index >= 15 is 0 Å². The summed E-state index contributed by atoms with van der Waals surface area (Å²) in [5, 5.41) is 3.84. The standard InChI is InChI=1S/C24H25NO2S/c1-2-3-4-5-6-7-15-25-23(26)19-11-8-10-18-17(21-12-9-16-28-21)13-14-20(22(18)19)24(25)27/h8-14,16H,2-7,15H2,1H3. The van der Waals surface area contributed by atoms with Crippen LogP contribution in [0.1, 0.15) is 66.2 Å². The van der Waals surface area contributed by atoms with E-state index < -0.39 is 0 Å². The minimum Gasteiger partial charge on any atom is -0.274 e. The van der Waals surface area contributed by atoms with Gasteiger partial charge in [-0.3, -0.25) is 14.5 Å². The molecule has 2 aromatic carbocycles. The quantitative estimate of drug-likeness (QED) is 0.323. The lowest BCUT2D eigenvalue weighted by Crippen LogP contribution is -2.40. The summed E-state index contributed by atoms with van der Waals surface area (Å²) in [5.74, 6) is -0.306. The molecule has 1 aliphatic heterocycles. The van der Waals surface area contributed by atoms with Crippen LogP contribution in [0.3, 0.4) is 0 Å². The molecule has 0 atom stereocenters. The van der Waals surface area contributed by atoms with Crippen molar-refractivity contribution in [2.24, 2.45) is 0 Å². The van der Waals surface area contributed by atoms with Gasteiger partial charge in [-0.1, -0.05) is 63.3 Å². The van der Waals surface area contributed by atoms with E-state index in [1.165, 1.54) is 30.6 Å². The summed E-state index contributed by atoms with van der Waals surface area (Å²) in [6, 6.07) is 13.8. The van der Waals surface area contributed by atoms with Crippen LogP contribution >= 0.6 is 11.3 Å². The molecule has 28 heavy (non-hydrogen) atoms. The Morgan fingerprint density at radius 3 is 2.25 bits per heavy atom. The highest BCUT2D eigenvalue weighted by Gasteiger charge is 2.32. The third-order valence-electron chi connectivity index (χ3n) is 5.51. The summed E-state index contributed by atoms with van der Waals surface area (Å²) >= 11 is 1.67. The van der Waals surface area contributed by atoms with Crippen LogP contribution in [0.4, 0.5) is 0 Å². The largest absolute Gasteiger partial charge is 0.274 e. The number of carbonyl (C=O) groups excluding carboxylic acids is 2. The number of nitrogens with zero attached hydrogens (tertiary/aromatic N) is 1. The Hall–Kier alpha value is -2.46. The van der Waals surface area contributed by atoms with Crippen LogP contribution in [0.2, 0.25) is 0 Å². The van der Waals surface area contributed by atoms with E-state index in [0.717, 1.165) is 34.1 Å². The Morgan fingerprint density at radius 2 is 1.50 bits per heavy atom. The average Bonchev–Trinajstić information content (AvgIpc) is 3.25. The summed E-state index contributed by atoms with van der Waals surface area (Å²) < 4.78 is 0. The average molecular weight is 392 g/mol. The predicted molar refractivity (Wildman–Crippen MR) is 116 cm³/mol. The first-order chi connectivity index (χ1) is 13.7. The van der Waals surface area contributed by atoms with Crippen LogP contribution < -0.4 is 0 Å². The lowest BCUT2D eigenvalue weighted by Gasteiger charge is -2.27. The van der Waals surface area contributed by atoms with E-state index in [9.17, 15) is 9.59 Å². The van der Waals surface area contributed by atoms with E-state index in [0.29, 0.717) is 17.7 Å². The van der Waals surface area contributed by atoms with Crippen molar-refractivity contribution in [2.45, 2.75) is 45.4 Å². The molecule has 2 amide bonds. The molecule has 144 valence electrons. The van der Waals surface area contributed by atoms with E-state index in [2.05, 4.69) is 13.0 Å². The van der Waals surface area contributed by atoms with Crippen molar-refractivity contribution >= 4 is 33.9 Å². The van der Waals surface area contributed by atoms with Gasteiger partial charge in [0.2, 0.25) is 0 Å². The fraction of sp³-hybridized carbons (Fsp3) is 0.333. The van der Waals surface area contributed by atoms with Crippen LogP contribution in [0.25, 0.3) is 21.2 Å². The van der Waals surface area contributed by atoms with E-state index in [1.807, 2.05) is 41.8 Å². The maximum Gasteiger partial charge on any atom is 0.261 e. The van der Waals surface area contributed by atoms with Crippen molar-refractivity contribution in [2.75, 3.05) is 6.54 Å². The van der Waals surface area contributed by atoms with Gasteiger partial charge in [-0.05, 0) is 40.9 Å². The molecule has 0 saturated carbocycles. The number of amides is 2. The van der Waals surface area contributed by atoms with Gasteiger partial charge in [0.25, 0.3) is 11.8 Å². The second kappa shape index (κ2) is 8.27. The van der Waals surface area contributed by atoms with Gasteiger partial charge in [-0.2, -0.15) is 0 Å². The van der Waals surface area contributed by atoms with E-state index in [4.69, 9.17) is 0 Å². The Balaban J connectivity index is 1.63. The number of rotatable bonds is 8. The van der Waals surface area contributed by atoms with Crippen molar-refractivity contribution in [3.63, 3.8) is 0 Å². The molecule has 0 saturated heterocycles.